The zero-order valence-electron chi connectivity index (χ0n) is 10.9. The summed E-state index contributed by atoms with van der Waals surface area (Å²) >= 11 is 0. The van der Waals surface area contributed by atoms with Gasteiger partial charge in [0.15, 0.2) is 5.84 Å². The zero-order chi connectivity index (χ0) is 15.5. The Hall–Kier alpha value is -1.74. The number of benzene rings is 1. The van der Waals surface area contributed by atoms with Crippen molar-refractivity contribution in [1.82, 2.24) is 4.31 Å². The lowest BCUT2D eigenvalue weighted by atomic mass is 10.3. The Labute approximate surface area is 115 Å². The Morgan fingerprint density at radius 2 is 2.05 bits per heavy atom. The van der Waals surface area contributed by atoms with Crippen LogP contribution in [0, 0.1) is 11.6 Å². The third-order valence-electron chi connectivity index (χ3n) is 2.50. The van der Waals surface area contributed by atoms with Gasteiger partial charge in [-0.05, 0) is 26.0 Å². The van der Waals surface area contributed by atoms with Gasteiger partial charge in [-0.15, -0.1) is 0 Å². The van der Waals surface area contributed by atoms with Crippen molar-refractivity contribution >= 4 is 15.9 Å². The molecule has 0 bridgehead atoms. The molecule has 0 aliphatic rings. The van der Waals surface area contributed by atoms with Crippen LogP contribution in [0.25, 0.3) is 0 Å². The molecule has 0 saturated heterocycles. The zero-order valence-corrected chi connectivity index (χ0v) is 11.7. The number of rotatable bonds is 5. The predicted molar refractivity (Wildman–Crippen MR) is 68.8 cm³/mol. The van der Waals surface area contributed by atoms with Gasteiger partial charge in [0, 0.05) is 12.1 Å². The van der Waals surface area contributed by atoms with Gasteiger partial charge in [-0.3, -0.25) is 0 Å². The van der Waals surface area contributed by atoms with Crippen LogP contribution in [-0.2, 0) is 10.0 Å². The van der Waals surface area contributed by atoms with Crippen molar-refractivity contribution in [3.8, 4) is 0 Å². The standard InChI is InChI=1S/C11H15F2N3O3S/c1-7(2)16(6-11(14)15-17)20(18,19)10-4-3-8(12)5-9(10)13/h3-5,7,17H,6H2,1-2H3,(H2,14,15). The van der Waals surface area contributed by atoms with Crippen molar-refractivity contribution in [1.29, 1.82) is 0 Å². The number of oxime groups is 1. The second kappa shape index (κ2) is 6.14. The molecule has 0 aliphatic heterocycles. The Kier molecular flexibility index (Phi) is 5.01. The minimum Gasteiger partial charge on any atom is -0.409 e. The average Bonchev–Trinajstić information content (AvgIpc) is 2.34. The molecule has 3 N–H and O–H groups in total. The second-order valence-electron chi connectivity index (χ2n) is 4.31. The van der Waals surface area contributed by atoms with Gasteiger partial charge in [0.1, 0.15) is 16.5 Å². The van der Waals surface area contributed by atoms with Gasteiger partial charge in [-0.1, -0.05) is 5.16 Å². The maximum atomic E-state index is 13.6. The normalized spacial score (nSPS) is 13.2. The van der Waals surface area contributed by atoms with Gasteiger partial charge >= 0.3 is 0 Å². The van der Waals surface area contributed by atoms with E-state index in [1.807, 2.05) is 0 Å². The number of hydrogen-bond acceptors (Lipinski definition) is 4. The van der Waals surface area contributed by atoms with Crippen LogP contribution in [0.4, 0.5) is 8.78 Å². The van der Waals surface area contributed by atoms with Gasteiger partial charge in [0.05, 0.1) is 6.54 Å². The number of halogens is 2. The summed E-state index contributed by atoms with van der Waals surface area (Å²) in [5, 5.41) is 11.2. The molecule has 0 radical (unpaired) electrons. The number of amidine groups is 1. The maximum absolute atomic E-state index is 13.6. The molecule has 6 nitrogen and oxygen atoms in total. The summed E-state index contributed by atoms with van der Waals surface area (Å²) in [5.41, 5.74) is 5.29. The van der Waals surface area contributed by atoms with E-state index in [0.29, 0.717) is 6.07 Å². The Morgan fingerprint density at radius 3 is 2.50 bits per heavy atom. The van der Waals surface area contributed by atoms with Crippen LogP contribution in [-0.4, -0.2) is 36.4 Å². The topological polar surface area (TPSA) is 96.0 Å². The summed E-state index contributed by atoms with van der Waals surface area (Å²) in [6.07, 6.45) is 0. The first kappa shape index (κ1) is 16.3. The van der Waals surface area contributed by atoms with Crippen molar-refractivity contribution in [3.05, 3.63) is 29.8 Å². The lowest BCUT2D eigenvalue weighted by molar-refractivity contribution is 0.312. The van der Waals surface area contributed by atoms with E-state index in [1.165, 1.54) is 0 Å². The molecule has 9 heteroatoms. The summed E-state index contributed by atoms with van der Waals surface area (Å²) in [6, 6.07) is 1.60. The summed E-state index contributed by atoms with van der Waals surface area (Å²) in [6.45, 7) is 2.68. The molecule has 0 saturated carbocycles. The molecule has 20 heavy (non-hydrogen) atoms. The highest BCUT2D eigenvalue weighted by atomic mass is 32.2. The molecule has 1 aromatic rings. The number of sulfonamides is 1. The molecule has 1 aromatic carbocycles. The van der Waals surface area contributed by atoms with E-state index in [2.05, 4.69) is 5.16 Å². The lowest BCUT2D eigenvalue weighted by Gasteiger charge is -2.25. The maximum Gasteiger partial charge on any atom is 0.246 e. The lowest BCUT2D eigenvalue weighted by Crippen LogP contribution is -2.43. The molecule has 0 fully saturated rings. The third-order valence-corrected chi connectivity index (χ3v) is 4.56. The summed E-state index contributed by atoms with van der Waals surface area (Å²) in [5.74, 6) is -2.42. The summed E-state index contributed by atoms with van der Waals surface area (Å²) in [4.78, 5) is -0.668. The summed E-state index contributed by atoms with van der Waals surface area (Å²) in [7, 11) is -4.23. The second-order valence-corrected chi connectivity index (χ2v) is 6.17. The van der Waals surface area contributed by atoms with E-state index in [-0.39, 0.29) is 5.84 Å². The Morgan fingerprint density at radius 1 is 1.45 bits per heavy atom. The van der Waals surface area contributed by atoms with Gasteiger partial charge in [0.25, 0.3) is 0 Å². The van der Waals surface area contributed by atoms with Crippen molar-refractivity contribution in [3.63, 3.8) is 0 Å². The van der Waals surface area contributed by atoms with E-state index >= 15 is 0 Å². The summed E-state index contributed by atoms with van der Waals surface area (Å²) < 4.78 is 52.0. The molecule has 0 aromatic heterocycles. The highest BCUT2D eigenvalue weighted by molar-refractivity contribution is 7.89. The molecule has 0 atom stereocenters. The molecule has 0 heterocycles. The molecule has 0 amide bonds. The van der Waals surface area contributed by atoms with Crippen molar-refractivity contribution in [2.75, 3.05) is 6.54 Å². The quantitative estimate of drug-likeness (QED) is 0.368. The van der Waals surface area contributed by atoms with Gasteiger partial charge < -0.3 is 10.9 Å². The average molecular weight is 307 g/mol. The molecule has 1 rings (SSSR count). The Balaban J connectivity index is 3.30. The highest BCUT2D eigenvalue weighted by Gasteiger charge is 2.30. The van der Waals surface area contributed by atoms with Crippen molar-refractivity contribution < 1.29 is 22.4 Å². The predicted octanol–water partition coefficient (Wildman–Crippen LogP) is 1.11. The SMILES string of the molecule is CC(C)N(CC(N)=NO)S(=O)(=O)c1ccc(F)cc1F. The van der Waals surface area contributed by atoms with Gasteiger partial charge in [0.2, 0.25) is 10.0 Å². The monoisotopic (exact) mass is 307 g/mol. The Bertz CT molecular complexity index is 617. The van der Waals surface area contributed by atoms with Crippen LogP contribution in [0.2, 0.25) is 0 Å². The first-order valence-electron chi connectivity index (χ1n) is 5.63. The molecular weight excluding hydrogens is 292 g/mol. The van der Waals surface area contributed by atoms with Gasteiger partial charge in [-0.2, -0.15) is 4.31 Å². The number of hydrogen-bond donors (Lipinski definition) is 2. The van der Waals surface area contributed by atoms with E-state index in [0.717, 1.165) is 16.4 Å². The smallest absolute Gasteiger partial charge is 0.246 e. The fraction of sp³-hybridized carbons (Fsp3) is 0.364. The molecule has 0 unspecified atom stereocenters. The van der Waals surface area contributed by atoms with Crippen LogP contribution in [0.3, 0.4) is 0 Å². The first-order chi connectivity index (χ1) is 9.20. The van der Waals surface area contributed by atoms with Crippen LogP contribution in [0.1, 0.15) is 13.8 Å². The van der Waals surface area contributed by atoms with E-state index in [1.54, 1.807) is 13.8 Å². The van der Waals surface area contributed by atoms with Crippen LogP contribution >= 0.6 is 0 Å². The number of nitrogens with zero attached hydrogens (tertiary/aromatic N) is 2. The minimum absolute atomic E-state index is 0.343. The third kappa shape index (κ3) is 3.42. The molecule has 0 aliphatic carbocycles. The highest BCUT2D eigenvalue weighted by Crippen LogP contribution is 2.21. The van der Waals surface area contributed by atoms with Crippen molar-refractivity contribution in [2.45, 2.75) is 24.8 Å². The van der Waals surface area contributed by atoms with E-state index < -0.39 is 39.1 Å². The minimum atomic E-state index is -4.23. The first-order valence-corrected chi connectivity index (χ1v) is 7.07. The molecule has 0 spiro atoms. The fourth-order valence-electron chi connectivity index (χ4n) is 1.55. The molecular formula is C11H15F2N3O3S. The van der Waals surface area contributed by atoms with Crippen LogP contribution < -0.4 is 5.73 Å². The number of nitrogens with two attached hydrogens (primary N) is 1. The van der Waals surface area contributed by atoms with Crippen LogP contribution in [0.5, 0.6) is 0 Å². The van der Waals surface area contributed by atoms with E-state index in [9.17, 15) is 17.2 Å². The molecule has 112 valence electrons. The van der Waals surface area contributed by atoms with Crippen LogP contribution in [0.15, 0.2) is 28.3 Å². The van der Waals surface area contributed by atoms with Gasteiger partial charge in [-0.25, -0.2) is 17.2 Å². The fourth-order valence-corrected chi connectivity index (χ4v) is 3.20. The van der Waals surface area contributed by atoms with Crippen molar-refractivity contribution in [2.24, 2.45) is 10.9 Å². The van der Waals surface area contributed by atoms with E-state index in [4.69, 9.17) is 10.9 Å². The largest absolute Gasteiger partial charge is 0.409 e.